The lowest BCUT2D eigenvalue weighted by Crippen LogP contribution is -2.02. The molecule has 0 aromatic carbocycles. The van der Waals surface area contributed by atoms with E-state index < -0.39 is 0 Å². The Morgan fingerprint density at radius 2 is 2.30 bits per heavy atom. The maximum atomic E-state index is 5.36. The number of nitrogens with one attached hydrogen (secondary N) is 1. The zero-order valence-electron chi connectivity index (χ0n) is 10.9. The molecule has 4 aromatic heterocycles. The summed E-state index contributed by atoms with van der Waals surface area (Å²) in [4.78, 5) is 9.12. The summed E-state index contributed by atoms with van der Waals surface area (Å²) in [6.45, 7) is 2.11. The first-order valence-electron chi connectivity index (χ1n) is 6.49. The molecule has 4 aromatic rings. The summed E-state index contributed by atoms with van der Waals surface area (Å²) in [5, 5.41) is 12.3. The van der Waals surface area contributed by atoms with Crippen molar-refractivity contribution in [1.82, 2.24) is 29.8 Å². The van der Waals surface area contributed by atoms with Gasteiger partial charge in [-0.3, -0.25) is 5.10 Å². The molecule has 0 saturated heterocycles. The summed E-state index contributed by atoms with van der Waals surface area (Å²) in [5.74, 6) is 2.07. The van der Waals surface area contributed by atoms with Crippen molar-refractivity contribution in [3.63, 3.8) is 0 Å². The lowest BCUT2D eigenvalue weighted by atomic mass is 10.3. The van der Waals surface area contributed by atoms with Gasteiger partial charge in [-0.2, -0.15) is 9.61 Å². The van der Waals surface area contributed by atoms with Gasteiger partial charge in [0.25, 0.3) is 0 Å². The molecule has 4 heterocycles. The molecule has 20 heavy (non-hydrogen) atoms. The second-order valence-corrected chi connectivity index (χ2v) is 4.56. The number of H-pyrrole nitrogens is 1. The van der Waals surface area contributed by atoms with Crippen molar-refractivity contribution in [3.05, 3.63) is 30.4 Å². The van der Waals surface area contributed by atoms with E-state index in [-0.39, 0.29) is 0 Å². The monoisotopic (exact) mass is 268 g/mol. The van der Waals surface area contributed by atoms with Gasteiger partial charge < -0.3 is 4.42 Å². The van der Waals surface area contributed by atoms with Gasteiger partial charge in [0.1, 0.15) is 5.82 Å². The van der Waals surface area contributed by atoms with Crippen LogP contribution in [0.15, 0.2) is 29.0 Å². The summed E-state index contributed by atoms with van der Waals surface area (Å²) in [6, 6.07) is 3.66. The van der Waals surface area contributed by atoms with Crippen LogP contribution >= 0.6 is 0 Å². The minimum atomic E-state index is 0.558. The first kappa shape index (κ1) is 11.2. The highest BCUT2D eigenvalue weighted by Gasteiger charge is 2.16. The Morgan fingerprint density at radius 1 is 1.35 bits per heavy atom. The summed E-state index contributed by atoms with van der Waals surface area (Å²) in [5.41, 5.74) is 1.48. The Kier molecular flexibility index (Phi) is 2.32. The van der Waals surface area contributed by atoms with E-state index in [4.69, 9.17) is 4.42 Å². The van der Waals surface area contributed by atoms with Crippen LogP contribution in [0.5, 0.6) is 0 Å². The molecule has 4 rings (SSSR count). The predicted octanol–water partition coefficient (Wildman–Crippen LogP) is 2.21. The number of aryl methyl sites for hydroxylation is 1. The van der Waals surface area contributed by atoms with Crippen molar-refractivity contribution in [1.29, 1.82) is 0 Å². The van der Waals surface area contributed by atoms with Crippen molar-refractivity contribution >= 4 is 16.7 Å². The first-order chi connectivity index (χ1) is 9.86. The Hall–Kier alpha value is -2.70. The Bertz CT molecular complexity index is 873. The van der Waals surface area contributed by atoms with E-state index >= 15 is 0 Å². The quantitative estimate of drug-likeness (QED) is 0.615. The predicted molar refractivity (Wildman–Crippen MR) is 72.1 cm³/mol. The van der Waals surface area contributed by atoms with Crippen molar-refractivity contribution < 1.29 is 4.42 Å². The molecule has 0 amide bonds. The SMILES string of the molecule is CCCc1nc2[nH]ncc2c2nc(-c3ccco3)nn12. The van der Waals surface area contributed by atoms with E-state index in [0.717, 1.165) is 35.3 Å². The Morgan fingerprint density at radius 3 is 3.10 bits per heavy atom. The number of hydrogen-bond acceptors (Lipinski definition) is 5. The van der Waals surface area contributed by atoms with Crippen LogP contribution in [0.3, 0.4) is 0 Å². The van der Waals surface area contributed by atoms with Crippen LogP contribution in [0.1, 0.15) is 19.2 Å². The smallest absolute Gasteiger partial charge is 0.217 e. The third-order valence-electron chi connectivity index (χ3n) is 3.17. The molecule has 0 radical (unpaired) electrons. The topological polar surface area (TPSA) is 84.9 Å². The molecular weight excluding hydrogens is 256 g/mol. The second kappa shape index (κ2) is 4.16. The normalized spacial score (nSPS) is 11.7. The molecule has 0 aliphatic heterocycles. The van der Waals surface area contributed by atoms with Crippen LogP contribution in [0.25, 0.3) is 28.3 Å². The number of aromatic nitrogens is 6. The zero-order valence-corrected chi connectivity index (χ0v) is 10.9. The summed E-state index contributed by atoms with van der Waals surface area (Å²) < 4.78 is 7.14. The van der Waals surface area contributed by atoms with Crippen molar-refractivity contribution in [3.8, 4) is 11.6 Å². The highest BCUT2D eigenvalue weighted by molar-refractivity contribution is 5.88. The first-order valence-corrected chi connectivity index (χ1v) is 6.49. The highest BCUT2D eigenvalue weighted by Crippen LogP contribution is 2.21. The molecule has 0 atom stereocenters. The van der Waals surface area contributed by atoms with E-state index in [1.807, 2.05) is 12.1 Å². The van der Waals surface area contributed by atoms with E-state index in [1.54, 1.807) is 17.0 Å². The average molecular weight is 268 g/mol. The highest BCUT2D eigenvalue weighted by atomic mass is 16.3. The van der Waals surface area contributed by atoms with Gasteiger partial charge in [0.2, 0.25) is 5.82 Å². The minimum absolute atomic E-state index is 0.558. The van der Waals surface area contributed by atoms with Crippen LogP contribution < -0.4 is 0 Å². The number of nitrogens with zero attached hydrogens (tertiary/aromatic N) is 5. The maximum absolute atomic E-state index is 5.36. The Labute approximate surface area is 113 Å². The van der Waals surface area contributed by atoms with Crippen LogP contribution in [-0.2, 0) is 6.42 Å². The zero-order chi connectivity index (χ0) is 13.5. The lowest BCUT2D eigenvalue weighted by Gasteiger charge is -2.01. The second-order valence-electron chi connectivity index (χ2n) is 4.56. The van der Waals surface area contributed by atoms with Crippen molar-refractivity contribution in [2.75, 3.05) is 0 Å². The van der Waals surface area contributed by atoms with Gasteiger partial charge >= 0.3 is 0 Å². The minimum Gasteiger partial charge on any atom is -0.461 e. The van der Waals surface area contributed by atoms with E-state index in [9.17, 15) is 0 Å². The number of rotatable bonds is 3. The molecule has 0 fully saturated rings. The number of aromatic amines is 1. The number of furan rings is 1. The molecular formula is C13H12N6O. The van der Waals surface area contributed by atoms with E-state index in [1.165, 1.54) is 0 Å². The van der Waals surface area contributed by atoms with Gasteiger partial charge in [-0.25, -0.2) is 9.97 Å². The summed E-state index contributed by atoms with van der Waals surface area (Å²) in [7, 11) is 0. The molecule has 7 heteroatoms. The van der Waals surface area contributed by atoms with E-state index in [2.05, 4.69) is 32.2 Å². The fourth-order valence-corrected chi connectivity index (χ4v) is 2.27. The third kappa shape index (κ3) is 1.52. The van der Waals surface area contributed by atoms with Gasteiger partial charge in [0.15, 0.2) is 17.1 Å². The summed E-state index contributed by atoms with van der Waals surface area (Å²) >= 11 is 0. The molecule has 1 N–H and O–H groups in total. The van der Waals surface area contributed by atoms with Crippen LogP contribution in [-0.4, -0.2) is 29.8 Å². The van der Waals surface area contributed by atoms with Gasteiger partial charge in [-0.05, 0) is 18.6 Å². The lowest BCUT2D eigenvalue weighted by molar-refractivity contribution is 0.577. The van der Waals surface area contributed by atoms with Gasteiger partial charge in [0.05, 0.1) is 17.8 Å². The maximum Gasteiger partial charge on any atom is 0.217 e. The molecule has 0 unspecified atom stereocenters. The molecule has 0 spiro atoms. The largest absolute Gasteiger partial charge is 0.461 e. The molecule has 0 aliphatic rings. The van der Waals surface area contributed by atoms with Crippen LogP contribution in [0.2, 0.25) is 0 Å². The molecule has 0 saturated carbocycles. The van der Waals surface area contributed by atoms with Crippen LogP contribution in [0, 0.1) is 0 Å². The van der Waals surface area contributed by atoms with E-state index in [0.29, 0.717) is 11.6 Å². The van der Waals surface area contributed by atoms with Crippen LogP contribution in [0.4, 0.5) is 0 Å². The molecule has 7 nitrogen and oxygen atoms in total. The van der Waals surface area contributed by atoms with Gasteiger partial charge in [-0.15, -0.1) is 5.10 Å². The van der Waals surface area contributed by atoms with Gasteiger partial charge in [-0.1, -0.05) is 6.92 Å². The van der Waals surface area contributed by atoms with Crippen molar-refractivity contribution in [2.24, 2.45) is 0 Å². The fraction of sp³-hybridized carbons (Fsp3) is 0.231. The van der Waals surface area contributed by atoms with Gasteiger partial charge in [0, 0.05) is 6.42 Å². The third-order valence-corrected chi connectivity index (χ3v) is 3.17. The molecule has 100 valence electrons. The summed E-state index contributed by atoms with van der Waals surface area (Å²) in [6.07, 6.45) is 5.14. The number of fused-ring (bicyclic) bond motifs is 3. The average Bonchev–Trinajstić information content (AvgIpc) is 3.18. The standard InChI is InChI=1S/C13H12N6O/c1-2-4-10-15-11-8(7-14-17-11)13-16-12(18-19(10)13)9-5-3-6-20-9/h3,5-7H,2,4H2,1H3,(H,14,17). The van der Waals surface area contributed by atoms with Crippen molar-refractivity contribution in [2.45, 2.75) is 19.8 Å². The molecule has 0 bridgehead atoms. The molecule has 0 aliphatic carbocycles. The number of hydrogen-bond donors (Lipinski definition) is 1. The Balaban J connectivity index is 2.05. The fourth-order valence-electron chi connectivity index (χ4n) is 2.27.